The summed E-state index contributed by atoms with van der Waals surface area (Å²) in [5, 5.41) is 0. The molecule has 6 heteroatoms. The van der Waals surface area contributed by atoms with Gasteiger partial charge in [0, 0.05) is 12.6 Å². The van der Waals surface area contributed by atoms with Crippen LogP contribution in [0, 0.1) is 41.5 Å². The standard InChI is InChI=1S/C24H27N3.Fe.2HI/c1-15-9-17(3)23(18(4)10-15)25-13-21-7-8-22(27-21)14-26-24-19(5)11-16(2)12-20(24)6;;;/h7,9-14H,8H2,1-6H3;;2*1H/q;+2;;/p-2. The quantitative estimate of drug-likeness (QED) is 0.180. The molecule has 0 fully saturated rings. The maximum absolute atomic E-state index is 4.69. The van der Waals surface area contributed by atoms with Crippen molar-refractivity contribution in [2.75, 3.05) is 0 Å². The molecular weight excluding hydrogens is 640 g/mol. The molecule has 1 aliphatic rings. The summed E-state index contributed by atoms with van der Waals surface area (Å²) in [4.78, 5) is 14.0. The van der Waals surface area contributed by atoms with Gasteiger partial charge in [0.1, 0.15) is 0 Å². The summed E-state index contributed by atoms with van der Waals surface area (Å²) in [6, 6.07) is 8.66. The van der Waals surface area contributed by atoms with Crippen LogP contribution < -0.4 is 0 Å². The number of rotatable bonds is 4. The molecule has 0 N–H and O–H groups in total. The average Bonchev–Trinajstić information content (AvgIpc) is 3.08. The van der Waals surface area contributed by atoms with E-state index in [0.29, 0.717) is 0 Å². The van der Waals surface area contributed by atoms with E-state index < -0.39 is 0 Å². The SMILES string of the molecule is Cc1cc(C)c(N=CC2=CCC(C=Nc3c(C)cc(C)cc3C)=N2)c(C)c1.[I][Fe][I]. The van der Waals surface area contributed by atoms with Crippen molar-refractivity contribution >= 4 is 70.2 Å². The fourth-order valence-electron chi connectivity index (χ4n) is 3.65. The van der Waals surface area contributed by atoms with Crippen LogP contribution in [0.4, 0.5) is 11.4 Å². The molecule has 0 bridgehead atoms. The Morgan fingerprint density at radius 1 is 0.767 bits per heavy atom. The first kappa shape index (κ1) is 25.4. The topological polar surface area (TPSA) is 37.1 Å². The number of halogens is 2. The summed E-state index contributed by atoms with van der Waals surface area (Å²) < 4.78 is 0. The van der Waals surface area contributed by atoms with Gasteiger partial charge in [-0.3, -0.25) is 15.0 Å². The van der Waals surface area contributed by atoms with Gasteiger partial charge in [0.25, 0.3) is 0 Å². The molecule has 0 amide bonds. The van der Waals surface area contributed by atoms with E-state index in [0.717, 1.165) is 29.2 Å². The van der Waals surface area contributed by atoms with E-state index >= 15 is 0 Å². The Labute approximate surface area is 209 Å². The van der Waals surface area contributed by atoms with Gasteiger partial charge in [-0.2, -0.15) is 0 Å². The zero-order valence-electron chi connectivity index (χ0n) is 18.2. The van der Waals surface area contributed by atoms with Gasteiger partial charge in [0.05, 0.1) is 29.0 Å². The molecule has 30 heavy (non-hydrogen) atoms. The third kappa shape index (κ3) is 7.39. The van der Waals surface area contributed by atoms with Crippen LogP contribution in [0.2, 0.25) is 0 Å². The van der Waals surface area contributed by atoms with Crippen molar-refractivity contribution in [2.45, 2.75) is 48.0 Å². The fraction of sp³-hybridized carbons (Fsp3) is 0.292. The number of hydrogen-bond donors (Lipinski definition) is 0. The zero-order chi connectivity index (χ0) is 22.3. The Kier molecular flexibility index (Phi) is 10.4. The first-order valence-electron chi connectivity index (χ1n) is 9.62. The number of hydrogen-bond acceptors (Lipinski definition) is 3. The van der Waals surface area contributed by atoms with Crippen LogP contribution in [-0.2, 0) is 8.46 Å². The Morgan fingerprint density at radius 3 is 1.60 bits per heavy atom. The van der Waals surface area contributed by atoms with Gasteiger partial charge in [-0.25, -0.2) is 0 Å². The predicted octanol–water partition coefficient (Wildman–Crippen LogP) is 8.14. The molecule has 0 aromatic heterocycles. The van der Waals surface area contributed by atoms with Gasteiger partial charge in [-0.05, 0) is 63.8 Å². The number of benzene rings is 2. The summed E-state index contributed by atoms with van der Waals surface area (Å²) in [5.74, 6) is 0. The molecule has 2 aromatic rings. The Bertz CT molecular complexity index is 991. The maximum atomic E-state index is 4.69. The Morgan fingerprint density at radius 2 is 1.17 bits per heavy atom. The molecule has 0 saturated carbocycles. The third-order valence-corrected chi connectivity index (χ3v) is 4.73. The van der Waals surface area contributed by atoms with Crippen molar-refractivity contribution in [3.05, 3.63) is 69.4 Å². The van der Waals surface area contributed by atoms with Crippen LogP contribution in [0.25, 0.3) is 0 Å². The van der Waals surface area contributed by atoms with Crippen LogP contribution in [0.5, 0.6) is 0 Å². The average molecular weight is 667 g/mol. The molecule has 0 spiro atoms. The molecule has 1 heterocycles. The van der Waals surface area contributed by atoms with Crippen LogP contribution in [0.15, 0.2) is 51.0 Å². The van der Waals surface area contributed by atoms with Crippen LogP contribution >= 0.6 is 40.7 Å². The second-order valence-corrected chi connectivity index (χ2v) is 16.8. The second-order valence-electron chi connectivity index (χ2n) is 7.50. The van der Waals surface area contributed by atoms with Crippen molar-refractivity contribution in [1.29, 1.82) is 0 Å². The number of aliphatic imine (C=N–C) groups is 3. The van der Waals surface area contributed by atoms with Crippen molar-refractivity contribution in [2.24, 2.45) is 15.0 Å². The molecular formula is C24H27FeI2N3. The van der Waals surface area contributed by atoms with Crippen LogP contribution in [0.3, 0.4) is 0 Å². The van der Waals surface area contributed by atoms with Gasteiger partial charge in [0.2, 0.25) is 0 Å². The zero-order valence-corrected chi connectivity index (χ0v) is 23.6. The van der Waals surface area contributed by atoms with Gasteiger partial charge in [-0.1, -0.05) is 41.5 Å². The van der Waals surface area contributed by atoms with Crippen molar-refractivity contribution in [3.63, 3.8) is 0 Å². The van der Waals surface area contributed by atoms with E-state index in [1.807, 2.05) is 12.4 Å². The molecule has 3 rings (SSSR count). The van der Waals surface area contributed by atoms with E-state index in [1.165, 1.54) is 41.8 Å². The number of nitrogens with zero attached hydrogens (tertiary/aromatic N) is 3. The van der Waals surface area contributed by atoms with E-state index in [4.69, 9.17) is 0 Å². The molecule has 0 aliphatic carbocycles. The molecule has 160 valence electrons. The fourth-order valence-corrected chi connectivity index (χ4v) is 3.65. The van der Waals surface area contributed by atoms with Crippen molar-refractivity contribution in [1.82, 2.24) is 0 Å². The summed E-state index contributed by atoms with van der Waals surface area (Å²) in [5.41, 5.74) is 11.2. The van der Waals surface area contributed by atoms with Crippen molar-refractivity contribution < 1.29 is 8.46 Å². The van der Waals surface area contributed by atoms with Gasteiger partial charge in [0.15, 0.2) is 0 Å². The Hall–Kier alpha value is -0.831. The molecule has 0 atom stereocenters. The van der Waals surface area contributed by atoms with Crippen molar-refractivity contribution in [3.8, 4) is 0 Å². The summed E-state index contributed by atoms with van der Waals surface area (Å²) in [6.07, 6.45) is 6.62. The molecule has 0 unspecified atom stereocenters. The van der Waals surface area contributed by atoms with E-state index in [1.54, 1.807) is 0 Å². The summed E-state index contributed by atoms with van der Waals surface area (Å²) in [7, 11) is 1.19. The van der Waals surface area contributed by atoms with Crippen LogP contribution in [-0.4, -0.2) is 18.1 Å². The third-order valence-electron chi connectivity index (χ3n) is 4.73. The first-order valence-corrected chi connectivity index (χ1v) is 16.7. The minimum atomic E-state index is 0.792. The monoisotopic (exact) mass is 667 g/mol. The molecule has 0 radical (unpaired) electrons. The molecule has 2 aromatic carbocycles. The van der Waals surface area contributed by atoms with Gasteiger partial charge in [-0.15, -0.1) is 0 Å². The van der Waals surface area contributed by atoms with Gasteiger partial charge >= 0.3 is 49.1 Å². The van der Waals surface area contributed by atoms with E-state index in [-0.39, 0.29) is 0 Å². The normalized spacial score (nSPS) is 13.6. The van der Waals surface area contributed by atoms with Gasteiger partial charge < -0.3 is 0 Å². The number of allylic oxidation sites excluding steroid dienone is 2. The first-order chi connectivity index (χ1) is 14.2. The molecule has 1 aliphatic heterocycles. The molecule has 3 nitrogen and oxygen atoms in total. The second kappa shape index (κ2) is 12.3. The van der Waals surface area contributed by atoms with E-state index in [2.05, 4.69) is 128 Å². The Balaban J connectivity index is 0.00000101. The number of aryl methyl sites for hydroxylation is 6. The summed E-state index contributed by atoms with van der Waals surface area (Å²) in [6.45, 7) is 12.6. The predicted molar refractivity (Wildman–Crippen MR) is 146 cm³/mol. The minimum absolute atomic E-state index is 0.792. The summed E-state index contributed by atoms with van der Waals surface area (Å²) >= 11 is 4.55. The van der Waals surface area contributed by atoms with Crippen LogP contribution in [0.1, 0.15) is 39.8 Å². The molecule has 0 saturated heterocycles. The van der Waals surface area contributed by atoms with E-state index in [9.17, 15) is 0 Å².